The van der Waals surface area contributed by atoms with Crippen molar-refractivity contribution in [3.63, 3.8) is 0 Å². The number of furan rings is 1. The van der Waals surface area contributed by atoms with E-state index in [0.29, 0.717) is 23.6 Å². The Morgan fingerprint density at radius 1 is 1.23 bits per heavy atom. The number of fused-ring (bicyclic) bond motifs is 1. The zero-order chi connectivity index (χ0) is 21.8. The van der Waals surface area contributed by atoms with Gasteiger partial charge in [0.25, 0.3) is 0 Å². The molecule has 4 aromatic rings. The van der Waals surface area contributed by atoms with Crippen molar-refractivity contribution < 1.29 is 18.3 Å². The number of aromatic nitrogens is 1. The standard InChI is InChI=1S/C25H21FN2O3/c1-3-30-23-13-24-21(22(15-31-24)17-6-8-18(26)9-7-17)12-20(23)16(2)11-25(29)28-19-5-4-10-27-14-19/h4-15H,3H2,1-2H3,(H,28,29)/b16-11+. The Balaban J connectivity index is 1.74. The van der Waals surface area contributed by atoms with E-state index in [9.17, 15) is 9.18 Å². The van der Waals surface area contributed by atoms with Gasteiger partial charge in [0.15, 0.2) is 0 Å². The lowest BCUT2D eigenvalue weighted by Crippen LogP contribution is -2.08. The van der Waals surface area contributed by atoms with Crippen LogP contribution in [0.2, 0.25) is 0 Å². The number of hydrogen-bond acceptors (Lipinski definition) is 4. The number of allylic oxidation sites excluding steroid dienone is 1. The highest BCUT2D eigenvalue weighted by Crippen LogP contribution is 2.37. The van der Waals surface area contributed by atoms with Crippen LogP contribution in [-0.2, 0) is 4.79 Å². The first-order valence-electron chi connectivity index (χ1n) is 9.89. The number of benzene rings is 2. The van der Waals surface area contributed by atoms with Crippen LogP contribution < -0.4 is 10.1 Å². The third kappa shape index (κ3) is 4.48. The minimum Gasteiger partial charge on any atom is -0.493 e. The Labute approximate surface area is 179 Å². The van der Waals surface area contributed by atoms with Crippen LogP contribution in [0.3, 0.4) is 0 Å². The highest BCUT2D eigenvalue weighted by Gasteiger charge is 2.15. The second kappa shape index (κ2) is 8.83. The van der Waals surface area contributed by atoms with Gasteiger partial charge in [-0.25, -0.2) is 4.39 Å². The van der Waals surface area contributed by atoms with Gasteiger partial charge in [-0.1, -0.05) is 12.1 Å². The molecule has 0 aliphatic rings. The molecule has 0 aliphatic heterocycles. The Hall–Kier alpha value is -3.93. The number of amides is 1. The zero-order valence-electron chi connectivity index (χ0n) is 17.2. The molecule has 0 saturated heterocycles. The minimum atomic E-state index is -0.297. The molecule has 6 heteroatoms. The van der Waals surface area contributed by atoms with Crippen LogP contribution >= 0.6 is 0 Å². The van der Waals surface area contributed by atoms with Crippen LogP contribution in [0.15, 0.2) is 77.7 Å². The molecule has 0 bridgehead atoms. The maximum absolute atomic E-state index is 13.3. The van der Waals surface area contributed by atoms with Crippen LogP contribution in [0, 0.1) is 5.82 Å². The van der Waals surface area contributed by atoms with Gasteiger partial charge in [-0.05, 0) is 55.3 Å². The third-order valence-electron chi connectivity index (χ3n) is 4.83. The molecule has 0 unspecified atom stereocenters. The van der Waals surface area contributed by atoms with Gasteiger partial charge >= 0.3 is 0 Å². The van der Waals surface area contributed by atoms with Gasteiger partial charge < -0.3 is 14.5 Å². The second-order valence-electron chi connectivity index (χ2n) is 6.99. The summed E-state index contributed by atoms with van der Waals surface area (Å²) >= 11 is 0. The predicted molar refractivity (Wildman–Crippen MR) is 119 cm³/mol. The van der Waals surface area contributed by atoms with E-state index in [1.165, 1.54) is 18.2 Å². The first kappa shape index (κ1) is 20.3. The summed E-state index contributed by atoms with van der Waals surface area (Å²) < 4.78 is 24.9. The van der Waals surface area contributed by atoms with Gasteiger partial charge in [0.05, 0.1) is 24.8 Å². The fraction of sp³-hybridized carbons (Fsp3) is 0.120. The van der Waals surface area contributed by atoms with Crippen molar-refractivity contribution >= 4 is 28.1 Å². The molecule has 31 heavy (non-hydrogen) atoms. The van der Waals surface area contributed by atoms with Gasteiger partial charge in [-0.3, -0.25) is 9.78 Å². The summed E-state index contributed by atoms with van der Waals surface area (Å²) in [6.45, 7) is 4.22. The Morgan fingerprint density at radius 2 is 2.03 bits per heavy atom. The van der Waals surface area contributed by atoms with E-state index in [4.69, 9.17) is 9.15 Å². The number of anilines is 1. The summed E-state index contributed by atoms with van der Waals surface area (Å²) in [5, 5.41) is 3.65. The van der Waals surface area contributed by atoms with Crippen LogP contribution in [0.25, 0.3) is 27.7 Å². The molecule has 1 amide bonds. The molecule has 0 radical (unpaired) electrons. The fourth-order valence-corrected chi connectivity index (χ4v) is 3.38. The van der Waals surface area contributed by atoms with Crippen LogP contribution in [0.5, 0.6) is 5.75 Å². The van der Waals surface area contributed by atoms with Gasteiger partial charge in [0.2, 0.25) is 5.91 Å². The molecule has 1 N–H and O–H groups in total. The van der Waals surface area contributed by atoms with Crippen molar-refractivity contribution in [2.75, 3.05) is 11.9 Å². The SMILES string of the molecule is CCOc1cc2occ(-c3ccc(F)cc3)c2cc1/C(C)=C/C(=O)Nc1cccnc1. The lowest BCUT2D eigenvalue weighted by molar-refractivity contribution is -0.111. The van der Waals surface area contributed by atoms with E-state index in [1.54, 1.807) is 42.9 Å². The smallest absolute Gasteiger partial charge is 0.248 e. The minimum absolute atomic E-state index is 0.265. The monoisotopic (exact) mass is 416 g/mol. The average molecular weight is 416 g/mol. The number of pyridine rings is 1. The zero-order valence-corrected chi connectivity index (χ0v) is 17.2. The number of nitrogens with zero attached hydrogens (tertiary/aromatic N) is 1. The molecule has 0 fully saturated rings. The quantitative estimate of drug-likeness (QED) is 0.387. The summed E-state index contributed by atoms with van der Waals surface area (Å²) in [6, 6.07) is 13.5. The second-order valence-corrected chi connectivity index (χ2v) is 6.99. The maximum Gasteiger partial charge on any atom is 0.248 e. The number of hydrogen-bond donors (Lipinski definition) is 1. The molecular formula is C25H21FN2O3. The molecule has 2 heterocycles. The highest BCUT2D eigenvalue weighted by molar-refractivity contribution is 6.05. The van der Waals surface area contributed by atoms with Crippen molar-refractivity contribution in [2.24, 2.45) is 0 Å². The average Bonchev–Trinajstić information content (AvgIpc) is 3.17. The Kier molecular flexibility index (Phi) is 5.80. The molecule has 156 valence electrons. The summed E-state index contributed by atoms with van der Waals surface area (Å²) in [6.07, 6.45) is 6.39. The molecule has 0 spiro atoms. The number of nitrogens with one attached hydrogen (secondary N) is 1. The lowest BCUT2D eigenvalue weighted by atomic mass is 9.99. The summed E-state index contributed by atoms with van der Waals surface area (Å²) in [7, 11) is 0. The molecule has 0 saturated carbocycles. The topological polar surface area (TPSA) is 64.4 Å². The third-order valence-corrected chi connectivity index (χ3v) is 4.83. The first-order valence-corrected chi connectivity index (χ1v) is 9.89. The largest absolute Gasteiger partial charge is 0.493 e. The summed E-state index contributed by atoms with van der Waals surface area (Å²) in [4.78, 5) is 16.5. The van der Waals surface area contributed by atoms with Crippen LogP contribution in [0.1, 0.15) is 19.4 Å². The number of halogens is 1. The molecule has 5 nitrogen and oxygen atoms in total. The van der Waals surface area contributed by atoms with Crippen LogP contribution in [0.4, 0.5) is 10.1 Å². The number of carbonyl (C=O) groups excluding carboxylic acids is 1. The van der Waals surface area contributed by atoms with Crippen molar-refractivity contribution in [1.29, 1.82) is 0 Å². The van der Waals surface area contributed by atoms with Crippen molar-refractivity contribution in [3.05, 3.63) is 84.6 Å². The summed E-state index contributed by atoms with van der Waals surface area (Å²) in [5.74, 6) is 0.0613. The number of ether oxygens (including phenoxy) is 1. The predicted octanol–water partition coefficient (Wildman–Crippen LogP) is 6.07. The van der Waals surface area contributed by atoms with Crippen molar-refractivity contribution in [2.45, 2.75) is 13.8 Å². The van der Waals surface area contributed by atoms with Gasteiger partial charge in [0.1, 0.15) is 17.1 Å². The normalized spacial score (nSPS) is 11.5. The molecule has 2 aromatic carbocycles. The highest BCUT2D eigenvalue weighted by atomic mass is 19.1. The van der Waals surface area contributed by atoms with Crippen molar-refractivity contribution in [1.82, 2.24) is 4.98 Å². The number of carbonyl (C=O) groups is 1. The molecule has 0 aliphatic carbocycles. The van der Waals surface area contributed by atoms with Gasteiger partial charge in [-0.15, -0.1) is 0 Å². The van der Waals surface area contributed by atoms with Gasteiger partial charge in [0, 0.05) is 34.9 Å². The van der Waals surface area contributed by atoms with E-state index in [2.05, 4.69) is 10.3 Å². The molecule has 0 atom stereocenters. The fourth-order valence-electron chi connectivity index (χ4n) is 3.38. The van der Waals surface area contributed by atoms with Crippen molar-refractivity contribution in [3.8, 4) is 16.9 Å². The lowest BCUT2D eigenvalue weighted by Gasteiger charge is -2.12. The van der Waals surface area contributed by atoms with E-state index in [0.717, 1.165) is 27.6 Å². The summed E-state index contributed by atoms with van der Waals surface area (Å²) in [5.41, 5.74) is 4.46. The van der Waals surface area contributed by atoms with E-state index in [-0.39, 0.29) is 11.7 Å². The molecule has 2 aromatic heterocycles. The molecular weight excluding hydrogens is 395 g/mol. The van der Waals surface area contributed by atoms with Gasteiger partial charge in [-0.2, -0.15) is 0 Å². The molecule has 4 rings (SSSR count). The van der Waals surface area contributed by atoms with Crippen LogP contribution in [-0.4, -0.2) is 17.5 Å². The maximum atomic E-state index is 13.3. The Morgan fingerprint density at radius 3 is 2.74 bits per heavy atom. The first-order chi connectivity index (χ1) is 15.0. The van der Waals surface area contributed by atoms with E-state index in [1.807, 2.05) is 26.0 Å². The van der Waals surface area contributed by atoms with E-state index >= 15 is 0 Å². The Bertz CT molecular complexity index is 1250. The number of rotatable bonds is 6. The van der Waals surface area contributed by atoms with E-state index < -0.39 is 0 Å².